The van der Waals surface area contributed by atoms with Gasteiger partial charge in [0.1, 0.15) is 0 Å². The minimum atomic E-state index is -0.227. The minimum Gasteiger partial charge on any atom is -0.393 e. The number of hydrogen-bond acceptors (Lipinski definition) is 2. The molecule has 0 amide bonds. The third-order valence-electron chi connectivity index (χ3n) is 5.24. The molecule has 4 N–H and O–H groups in total. The Hall–Kier alpha value is 0.500. The molecule has 2 atom stereocenters. The summed E-state index contributed by atoms with van der Waals surface area (Å²) in [6.45, 7) is 8.60. The number of aliphatic hydroxyl groups is 1. The van der Waals surface area contributed by atoms with Crippen LogP contribution < -0.4 is 6.15 Å². The van der Waals surface area contributed by atoms with Gasteiger partial charge in [0.2, 0.25) is 0 Å². The highest BCUT2D eigenvalue weighted by molar-refractivity contribution is 6.20. The predicted octanol–water partition coefficient (Wildman–Crippen LogP) is 8.85. The zero-order valence-corrected chi connectivity index (χ0v) is 20.5. The van der Waals surface area contributed by atoms with Crippen LogP contribution in [0.1, 0.15) is 130 Å². The Morgan fingerprint density at radius 3 is 1.48 bits per heavy atom. The molecule has 4 heteroatoms. The molecule has 2 unspecified atom stereocenters. The van der Waals surface area contributed by atoms with Crippen LogP contribution in [0.5, 0.6) is 0 Å². The molecule has 0 fully saturated rings. The third-order valence-corrected chi connectivity index (χ3v) is 5.62. The Bertz CT molecular complexity index is 286. The predicted molar refractivity (Wildman–Crippen MR) is 127 cm³/mol. The molecule has 0 aliphatic rings. The normalized spacial score (nSPS) is 13.6. The first-order valence-electron chi connectivity index (χ1n) is 11.2. The van der Waals surface area contributed by atoms with Crippen LogP contribution in [0.2, 0.25) is 0 Å². The summed E-state index contributed by atoms with van der Waals surface area (Å²) in [5.41, 5.74) is 0.150. The lowest BCUT2D eigenvalue weighted by molar-refractivity contribution is 0.123. The highest BCUT2D eigenvalue weighted by Crippen LogP contribution is 2.32. The van der Waals surface area contributed by atoms with E-state index in [9.17, 15) is 5.11 Å². The first-order chi connectivity index (χ1) is 11.9. The molecule has 0 aromatic heterocycles. The SMILES string of the molecule is CCCCCCCCCCCCCCCC(Cl)CC(C)(C)CC(C)O.Cl.N. The average Bonchev–Trinajstić information content (AvgIpc) is 2.50. The first kappa shape index (κ1) is 32.2. The van der Waals surface area contributed by atoms with E-state index in [1.807, 2.05) is 6.92 Å². The third kappa shape index (κ3) is 24.5. The standard InChI is InChI=1S/C23H47ClO.ClH.H3N/c1-5-6-7-8-9-10-11-12-13-14-15-16-17-18-22(24)20-23(3,4)19-21(2)25;;/h21-22,25H,5-20H2,1-4H3;1H;1H3. The number of rotatable bonds is 18. The van der Waals surface area contributed by atoms with Crippen LogP contribution in [0.25, 0.3) is 0 Å². The van der Waals surface area contributed by atoms with Crippen molar-refractivity contribution in [3.63, 3.8) is 0 Å². The van der Waals surface area contributed by atoms with E-state index in [0.717, 1.165) is 19.3 Å². The minimum absolute atomic E-state index is 0. The Kier molecular flexibility index (Phi) is 25.3. The molecule has 0 saturated carbocycles. The van der Waals surface area contributed by atoms with Crippen molar-refractivity contribution in [2.75, 3.05) is 0 Å². The van der Waals surface area contributed by atoms with Crippen LogP contribution in [0.3, 0.4) is 0 Å². The van der Waals surface area contributed by atoms with Gasteiger partial charge < -0.3 is 11.3 Å². The van der Waals surface area contributed by atoms with Gasteiger partial charge in [0.25, 0.3) is 0 Å². The van der Waals surface area contributed by atoms with Gasteiger partial charge in [-0.3, -0.25) is 0 Å². The van der Waals surface area contributed by atoms with Gasteiger partial charge in [-0.15, -0.1) is 24.0 Å². The van der Waals surface area contributed by atoms with Crippen LogP contribution in [0, 0.1) is 5.41 Å². The van der Waals surface area contributed by atoms with E-state index in [1.165, 1.54) is 83.5 Å². The molecule has 0 saturated heterocycles. The Labute approximate surface area is 182 Å². The molecule has 0 spiro atoms. The topological polar surface area (TPSA) is 55.2 Å². The molecule has 0 heterocycles. The number of alkyl halides is 1. The van der Waals surface area contributed by atoms with Gasteiger partial charge in [0, 0.05) is 5.38 Å². The van der Waals surface area contributed by atoms with Crippen molar-refractivity contribution in [3.05, 3.63) is 0 Å². The smallest absolute Gasteiger partial charge is 0.0517 e. The number of halogens is 2. The lowest BCUT2D eigenvalue weighted by Crippen LogP contribution is -2.22. The van der Waals surface area contributed by atoms with Crippen molar-refractivity contribution >= 4 is 24.0 Å². The summed E-state index contributed by atoms with van der Waals surface area (Å²) in [4.78, 5) is 0. The van der Waals surface area contributed by atoms with Crippen molar-refractivity contribution in [2.24, 2.45) is 5.41 Å². The molecule has 0 aliphatic heterocycles. The van der Waals surface area contributed by atoms with E-state index in [4.69, 9.17) is 11.6 Å². The van der Waals surface area contributed by atoms with Gasteiger partial charge in [-0.2, -0.15) is 0 Å². The summed E-state index contributed by atoms with van der Waals surface area (Å²) in [5, 5.41) is 9.82. The van der Waals surface area contributed by atoms with Gasteiger partial charge in [-0.25, -0.2) is 0 Å². The average molecular weight is 429 g/mol. The van der Waals surface area contributed by atoms with E-state index < -0.39 is 0 Å². The van der Waals surface area contributed by atoms with E-state index >= 15 is 0 Å². The fourth-order valence-electron chi connectivity index (χ4n) is 3.97. The van der Waals surface area contributed by atoms with Crippen molar-refractivity contribution in [1.82, 2.24) is 6.15 Å². The van der Waals surface area contributed by atoms with Gasteiger partial charge in [-0.05, 0) is 31.6 Å². The van der Waals surface area contributed by atoms with Crippen LogP contribution in [0.15, 0.2) is 0 Å². The van der Waals surface area contributed by atoms with Crippen LogP contribution in [0.4, 0.5) is 0 Å². The summed E-state index contributed by atoms with van der Waals surface area (Å²) in [6.07, 6.45) is 20.9. The highest BCUT2D eigenvalue weighted by atomic mass is 35.5. The maximum atomic E-state index is 9.56. The molecular weight excluding hydrogens is 377 g/mol. The fraction of sp³-hybridized carbons (Fsp3) is 1.00. The zero-order valence-electron chi connectivity index (χ0n) is 18.9. The molecule has 0 aliphatic carbocycles. The van der Waals surface area contributed by atoms with Crippen LogP contribution >= 0.6 is 24.0 Å². The summed E-state index contributed by atoms with van der Waals surface area (Å²) in [7, 11) is 0. The van der Waals surface area contributed by atoms with Crippen molar-refractivity contribution < 1.29 is 5.11 Å². The highest BCUT2D eigenvalue weighted by Gasteiger charge is 2.23. The van der Waals surface area contributed by atoms with E-state index in [2.05, 4.69) is 20.8 Å². The Morgan fingerprint density at radius 1 is 0.741 bits per heavy atom. The van der Waals surface area contributed by atoms with Gasteiger partial charge in [0.05, 0.1) is 6.10 Å². The second-order valence-electron chi connectivity index (χ2n) is 9.05. The zero-order chi connectivity index (χ0) is 19.0. The molecule has 0 aromatic rings. The number of unbranched alkanes of at least 4 members (excludes halogenated alkanes) is 12. The Morgan fingerprint density at radius 2 is 1.11 bits per heavy atom. The second kappa shape index (κ2) is 21.2. The molecule has 27 heavy (non-hydrogen) atoms. The van der Waals surface area contributed by atoms with Gasteiger partial charge in [-0.1, -0.05) is 104 Å². The van der Waals surface area contributed by atoms with Crippen molar-refractivity contribution in [1.29, 1.82) is 0 Å². The molecule has 0 bridgehead atoms. The number of aliphatic hydroxyl groups excluding tert-OH is 1. The monoisotopic (exact) mass is 427 g/mol. The van der Waals surface area contributed by atoms with Crippen molar-refractivity contribution in [3.8, 4) is 0 Å². The largest absolute Gasteiger partial charge is 0.393 e. The Balaban J connectivity index is -0.00000288. The van der Waals surface area contributed by atoms with Crippen molar-refractivity contribution in [2.45, 2.75) is 142 Å². The van der Waals surface area contributed by atoms with Gasteiger partial charge in [0.15, 0.2) is 0 Å². The van der Waals surface area contributed by atoms with Gasteiger partial charge >= 0.3 is 0 Å². The first-order valence-corrected chi connectivity index (χ1v) is 11.6. The molecule has 0 radical (unpaired) electrons. The summed E-state index contributed by atoms with van der Waals surface area (Å²) >= 11 is 6.51. The molecule has 0 rings (SSSR count). The van der Waals surface area contributed by atoms with Crippen LogP contribution in [-0.2, 0) is 0 Å². The maximum absolute atomic E-state index is 9.56. The fourth-order valence-corrected chi connectivity index (χ4v) is 4.54. The molecule has 168 valence electrons. The van der Waals surface area contributed by atoms with Crippen LogP contribution in [-0.4, -0.2) is 16.6 Å². The van der Waals surface area contributed by atoms with E-state index in [0.29, 0.717) is 0 Å². The lowest BCUT2D eigenvalue weighted by Gasteiger charge is -2.28. The maximum Gasteiger partial charge on any atom is 0.0517 e. The second-order valence-corrected chi connectivity index (χ2v) is 9.67. The van der Waals surface area contributed by atoms with E-state index in [1.54, 1.807) is 0 Å². The number of hydrogen-bond donors (Lipinski definition) is 2. The molecule has 2 nitrogen and oxygen atoms in total. The lowest BCUT2D eigenvalue weighted by atomic mass is 9.81. The molecular formula is C23H51Cl2NO. The quantitative estimate of drug-likeness (QED) is 0.169. The molecule has 0 aromatic carbocycles. The summed E-state index contributed by atoms with van der Waals surface area (Å²) < 4.78 is 0. The van der Waals surface area contributed by atoms with E-state index in [-0.39, 0.29) is 35.5 Å². The summed E-state index contributed by atoms with van der Waals surface area (Å²) in [5.74, 6) is 0. The summed E-state index contributed by atoms with van der Waals surface area (Å²) in [6, 6.07) is 0.